The summed E-state index contributed by atoms with van der Waals surface area (Å²) in [4.78, 5) is 36.4. The number of nitrogens with one attached hydrogen (secondary N) is 2. The van der Waals surface area contributed by atoms with Crippen LogP contribution in [0, 0.1) is 5.92 Å². The minimum atomic E-state index is -0.873. The van der Waals surface area contributed by atoms with Crippen molar-refractivity contribution in [3.05, 3.63) is 102 Å². The van der Waals surface area contributed by atoms with Gasteiger partial charge in [0.2, 0.25) is 11.8 Å². The van der Waals surface area contributed by atoms with Crippen molar-refractivity contribution in [3.8, 4) is 0 Å². The maximum absolute atomic E-state index is 13.9. The average molecular weight is 682 g/mol. The zero-order valence-corrected chi connectivity index (χ0v) is 29.8. The molecule has 6 rings (SSSR count). The van der Waals surface area contributed by atoms with Gasteiger partial charge in [0.15, 0.2) is 0 Å². The van der Waals surface area contributed by atoms with Gasteiger partial charge >= 0.3 is 0 Å². The molecule has 0 radical (unpaired) electrons. The number of piperazine rings is 1. The van der Waals surface area contributed by atoms with Crippen LogP contribution in [0.4, 0.5) is 0 Å². The van der Waals surface area contributed by atoms with E-state index in [0.29, 0.717) is 32.5 Å². The molecule has 1 saturated heterocycles. The Bertz CT molecular complexity index is 1750. The standard InChI is InChI=1S/C40H51N5O5/c1-39(2,3)43-38(49)32-25-45(40(4,5)35-22-29-23-41-16-15-34(29)50-35)18-17-44(32)24-30(46)20-28(19-26-11-7-6-8-12-26)37(48)42-36-31-14-10-9-13-27(31)21-33(36)47/h6-16,22-23,28,30,32-33,36,46-47H,17-21,24-25H2,1-5H3,(H,42,48)(H,43,49)/t28-,30-,32-,33+,36-/m0/s1. The molecule has 0 unspecified atom stereocenters. The molecule has 5 atom stereocenters. The number of fused-ring (bicyclic) bond motifs is 2. The Morgan fingerprint density at radius 2 is 1.76 bits per heavy atom. The number of aromatic nitrogens is 1. The highest BCUT2D eigenvalue weighted by molar-refractivity contribution is 5.83. The number of β-amino-alcohol motifs (C(OH)–C–C–N with tert-alkyl or cyclic N) is 1. The lowest BCUT2D eigenvalue weighted by Crippen LogP contribution is -2.64. The van der Waals surface area contributed by atoms with Gasteiger partial charge in [-0.3, -0.25) is 24.4 Å². The minimum Gasteiger partial charge on any atom is -0.459 e. The van der Waals surface area contributed by atoms with Gasteiger partial charge in [-0.05, 0) is 76.3 Å². The third-order valence-electron chi connectivity index (χ3n) is 10.2. The van der Waals surface area contributed by atoms with Crippen molar-refractivity contribution in [2.45, 2.75) is 89.3 Å². The summed E-state index contributed by atoms with van der Waals surface area (Å²) in [5.74, 6) is -0.0551. The number of hydrogen-bond donors (Lipinski definition) is 4. The van der Waals surface area contributed by atoms with Crippen LogP contribution in [0.1, 0.15) is 69.5 Å². The van der Waals surface area contributed by atoms with Crippen molar-refractivity contribution >= 4 is 22.8 Å². The Morgan fingerprint density at radius 1 is 1.02 bits per heavy atom. The molecule has 50 heavy (non-hydrogen) atoms. The monoisotopic (exact) mass is 681 g/mol. The topological polar surface area (TPSA) is 131 Å². The molecule has 2 aromatic heterocycles. The molecule has 10 nitrogen and oxygen atoms in total. The molecule has 2 amide bonds. The predicted molar refractivity (Wildman–Crippen MR) is 193 cm³/mol. The summed E-state index contributed by atoms with van der Waals surface area (Å²) in [7, 11) is 0. The lowest BCUT2D eigenvalue weighted by atomic mass is 9.91. The first-order valence-corrected chi connectivity index (χ1v) is 17.7. The number of rotatable bonds is 11. The van der Waals surface area contributed by atoms with Crippen molar-refractivity contribution in [2.75, 3.05) is 26.2 Å². The fourth-order valence-corrected chi connectivity index (χ4v) is 7.46. The third kappa shape index (κ3) is 8.10. The Morgan fingerprint density at radius 3 is 2.50 bits per heavy atom. The molecule has 0 spiro atoms. The summed E-state index contributed by atoms with van der Waals surface area (Å²) in [6, 6.07) is 20.4. The zero-order chi connectivity index (χ0) is 35.6. The van der Waals surface area contributed by atoms with Gasteiger partial charge in [0, 0.05) is 61.8 Å². The van der Waals surface area contributed by atoms with E-state index in [9.17, 15) is 19.8 Å². The summed E-state index contributed by atoms with van der Waals surface area (Å²) in [6.07, 6.45) is 3.05. The van der Waals surface area contributed by atoms with E-state index in [1.54, 1.807) is 12.4 Å². The molecule has 1 fully saturated rings. The average Bonchev–Trinajstić information content (AvgIpc) is 3.65. The third-order valence-corrected chi connectivity index (χ3v) is 10.2. The number of carbonyl (C=O) groups is 2. The molecule has 0 bridgehead atoms. The number of furan rings is 1. The fourth-order valence-electron chi connectivity index (χ4n) is 7.46. The predicted octanol–water partition coefficient (Wildman–Crippen LogP) is 4.35. The Kier molecular flexibility index (Phi) is 10.5. The van der Waals surface area contributed by atoms with E-state index >= 15 is 0 Å². The Hall–Kier alpha value is -4.09. The SMILES string of the molecule is CC(C)(C)NC(=O)[C@@H]1CN(C(C)(C)c2cc3cnccc3o2)CCN1C[C@@H](O)C[C@H](Cc1ccccc1)C(=O)N[C@H]1c2ccccc2C[C@H]1O. The minimum absolute atomic E-state index is 0.105. The maximum Gasteiger partial charge on any atom is 0.239 e. The van der Waals surface area contributed by atoms with Gasteiger partial charge in [0.05, 0.1) is 23.8 Å². The van der Waals surface area contributed by atoms with E-state index in [-0.39, 0.29) is 24.8 Å². The summed E-state index contributed by atoms with van der Waals surface area (Å²) in [5.41, 5.74) is 2.78. The van der Waals surface area contributed by atoms with Crippen LogP contribution in [0.3, 0.4) is 0 Å². The van der Waals surface area contributed by atoms with Crippen LogP contribution >= 0.6 is 0 Å². The smallest absolute Gasteiger partial charge is 0.239 e. The number of pyridine rings is 1. The maximum atomic E-state index is 13.9. The highest BCUT2D eigenvalue weighted by Crippen LogP contribution is 2.35. The second kappa shape index (κ2) is 14.6. The number of carbonyl (C=O) groups excluding carboxylic acids is 2. The summed E-state index contributed by atoms with van der Waals surface area (Å²) in [6.45, 7) is 12.0. The summed E-state index contributed by atoms with van der Waals surface area (Å²) >= 11 is 0. The Balaban J connectivity index is 1.19. The van der Waals surface area contributed by atoms with E-state index in [2.05, 4.69) is 39.3 Å². The molecule has 4 aromatic rings. The van der Waals surface area contributed by atoms with Crippen molar-refractivity contribution in [1.82, 2.24) is 25.4 Å². The molecular weight excluding hydrogens is 630 g/mol. The van der Waals surface area contributed by atoms with Gasteiger partial charge in [0.1, 0.15) is 17.4 Å². The van der Waals surface area contributed by atoms with Crippen LogP contribution in [0.25, 0.3) is 11.0 Å². The van der Waals surface area contributed by atoms with Gasteiger partial charge < -0.3 is 25.3 Å². The van der Waals surface area contributed by atoms with Crippen LogP contribution in [0.2, 0.25) is 0 Å². The molecular formula is C40H51N5O5. The number of aliphatic hydroxyl groups is 2. The fraction of sp³-hybridized carbons (Fsp3) is 0.475. The molecule has 266 valence electrons. The van der Waals surface area contributed by atoms with Gasteiger partial charge in [0.25, 0.3) is 0 Å². The largest absolute Gasteiger partial charge is 0.459 e. The van der Waals surface area contributed by atoms with E-state index in [0.717, 1.165) is 33.4 Å². The highest BCUT2D eigenvalue weighted by atomic mass is 16.3. The van der Waals surface area contributed by atoms with Crippen molar-refractivity contribution < 1.29 is 24.2 Å². The molecule has 3 heterocycles. The van der Waals surface area contributed by atoms with Crippen molar-refractivity contribution in [3.63, 3.8) is 0 Å². The lowest BCUT2D eigenvalue weighted by Gasteiger charge is -2.47. The first-order chi connectivity index (χ1) is 23.8. The van der Waals surface area contributed by atoms with Crippen LogP contribution in [0.5, 0.6) is 0 Å². The Labute approximate surface area is 294 Å². The zero-order valence-electron chi connectivity index (χ0n) is 29.8. The first kappa shape index (κ1) is 35.7. The van der Waals surface area contributed by atoms with E-state index in [1.165, 1.54) is 0 Å². The van der Waals surface area contributed by atoms with Crippen LogP contribution in [0.15, 0.2) is 83.5 Å². The van der Waals surface area contributed by atoms with Crippen molar-refractivity contribution in [1.29, 1.82) is 0 Å². The molecule has 2 aromatic carbocycles. The normalized spacial score (nSPS) is 21.5. The number of aliphatic hydroxyl groups excluding tert-OH is 2. The van der Waals surface area contributed by atoms with E-state index in [1.807, 2.05) is 87.5 Å². The summed E-state index contributed by atoms with van der Waals surface area (Å²) < 4.78 is 6.25. The van der Waals surface area contributed by atoms with Crippen molar-refractivity contribution in [2.24, 2.45) is 5.92 Å². The van der Waals surface area contributed by atoms with Crippen LogP contribution in [-0.4, -0.2) is 86.8 Å². The second-order valence-electron chi connectivity index (χ2n) is 15.5. The molecule has 10 heteroatoms. The molecule has 4 N–H and O–H groups in total. The quantitative estimate of drug-likeness (QED) is 0.184. The van der Waals surface area contributed by atoms with Gasteiger partial charge in [-0.25, -0.2) is 0 Å². The molecule has 1 aliphatic carbocycles. The number of hydrogen-bond acceptors (Lipinski definition) is 8. The lowest BCUT2D eigenvalue weighted by molar-refractivity contribution is -0.134. The van der Waals surface area contributed by atoms with Gasteiger partial charge in [-0.1, -0.05) is 54.6 Å². The van der Waals surface area contributed by atoms with Crippen LogP contribution < -0.4 is 10.6 Å². The number of benzene rings is 2. The van der Waals surface area contributed by atoms with E-state index < -0.39 is 41.3 Å². The van der Waals surface area contributed by atoms with E-state index in [4.69, 9.17) is 4.42 Å². The second-order valence-corrected chi connectivity index (χ2v) is 15.5. The first-order valence-electron chi connectivity index (χ1n) is 17.7. The molecule has 2 aliphatic rings. The summed E-state index contributed by atoms with van der Waals surface area (Å²) in [5, 5.41) is 29.7. The molecule has 0 saturated carbocycles. The number of nitrogens with zero attached hydrogens (tertiary/aromatic N) is 3. The highest BCUT2D eigenvalue weighted by Gasteiger charge is 2.42. The number of amides is 2. The van der Waals surface area contributed by atoms with Gasteiger partial charge in [-0.15, -0.1) is 0 Å². The van der Waals surface area contributed by atoms with Gasteiger partial charge in [-0.2, -0.15) is 0 Å². The molecule has 1 aliphatic heterocycles. The van der Waals surface area contributed by atoms with Crippen LogP contribution in [-0.2, 0) is 28.0 Å².